The second-order valence-electron chi connectivity index (χ2n) is 12.8. The molecule has 0 radical (unpaired) electrons. The van der Waals surface area contributed by atoms with E-state index in [0.29, 0.717) is 27.1 Å². The number of hydrogen-bond donors (Lipinski definition) is 0. The van der Waals surface area contributed by atoms with Crippen molar-refractivity contribution in [3.63, 3.8) is 0 Å². The van der Waals surface area contributed by atoms with E-state index in [2.05, 4.69) is 18.2 Å². The van der Waals surface area contributed by atoms with Gasteiger partial charge in [-0.1, -0.05) is 207 Å². The molecule has 3 nitrogen and oxygen atoms in total. The number of sulfone groups is 1. The lowest BCUT2D eigenvalue weighted by atomic mass is 10.0. The third kappa shape index (κ3) is 19.9. The van der Waals surface area contributed by atoms with Crippen molar-refractivity contribution in [2.24, 2.45) is 0 Å². The van der Waals surface area contributed by atoms with Gasteiger partial charge in [0.25, 0.3) is 0 Å². The largest absolute Gasteiger partial charge is 0.224 e. The van der Waals surface area contributed by atoms with Gasteiger partial charge in [0.1, 0.15) is 0 Å². The summed E-state index contributed by atoms with van der Waals surface area (Å²) in [6.45, 7) is 16.0. The van der Waals surface area contributed by atoms with Crippen LogP contribution in [0, 0.1) is 40.4 Å². The second kappa shape index (κ2) is 32.5. The first-order valence-electron chi connectivity index (χ1n) is 22.0. The fourth-order valence-electron chi connectivity index (χ4n) is 5.55. The minimum absolute atomic E-state index is 0.326. The van der Waals surface area contributed by atoms with E-state index in [-0.39, 0.29) is 0 Å². The van der Waals surface area contributed by atoms with E-state index in [1.165, 1.54) is 17.9 Å². The van der Waals surface area contributed by atoms with E-state index < -0.39 is 38.9 Å². The van der Waals surface area contributed by atoms with Gasteiger partial charge in [0.2, 0.25) is 0 Å². The maximum Gasteiger partial charge on any atom is 0.194 e. The minimum Gasteiger partial charge on any atom is -0.224 e. The topological polar surface area (TPSA) is 57.9 Å². The van der Waals surface area contributed by atoms with Crippen molar-refractivity contribution in [2.75, 3.05) is 6.26 Å². The molecule has 8 aromatic carbocycles. The van der Waals surface area contributed by atoms with Gasteiger partial charge in [0.15, 0.2) is 38.9 Å². The summed E-state index contributed by atoms with van der Waals surface area (Å²) in [4.78, 5) is 0.354. The van der Waals surface area contributed by atoms with Gasteiger partial charge in [-0.2, -0.15) is 5.26 Å². The number of benzene rings is 8. The zero-order valence-electron chi connectivity index (χ0n) is 39.6. The van der Waals surface area contributed by atoms with Crippen LogP contribution in [0.2, 0.25) is 0 Å². The Bertz CT molecular complexity index is 2690. The van der Waals surface area contributed by atoms with Crippen LogP contribution in [0.25, 0.3) is 44.5 Å². The summed E-state index contributed by atoms with van der Waals surface area (Å²) in [5.41, 5.74) is 7.67. The molecule has 9 heteroatoms. The lowest BCUT2D eigenvalue weighted by Gasteiger charge is -2.02. The number of rotatable bonds is 5. The average Bonchev–Trinajstić information content (AvgIpc) is 3.40. The molecule has 0 spiro atoms. The van der Waals surface area contributed by atoms with Crippen molar-refractivity contribution in [1.82, 2.24) is 0 Å². The molecule has 0 aromatic heterocycles. The maximum absolute atomic E-state index is 12.9. The first kappa shape index (κ1) is 57.9. The minimum atomic E-state index is -3.10. The quantitative estimate of drug-likeness (QED) is 0.128. The summed E-state index contributed by atoms with van der Waals surface area (Å²) in [7, 11) is -3.10. The molecule has 350 valence electrons. The Hall–Kier alpha value is -7.15. The Morgan fingerprint density at radius 3 is 0.955 bits per heavy atom. The fourth-order valence-corrected chi connectivity index (χ4v) is 6.18. The van der Waals surface area contributed by atoms with Gasteiger partial charge in [-0.25, -0.2) is 30.4 Å². The van der Waals surface area contributed by atoms with Crippen LogP contribution in [-0.4, -0.2) is 14.7 Å². The van der Waals surface area contributed by atoms with Gasteiger partial charge in [0, 0.05) is 6.26 Å². The number of halogens is 5. The zero-order chi connectivity index (χ0) is 50.2. The Morgan fingerprint density at radius 2 is 0.627 bits per heavy atom. The van der Waals surface area contributed by atoms with Crippen LogP contribution in [0.4, 0.5) is 22.0 Å². The van der Waals surface area contributed by atoms with Crippen LogP contribution in [0.3, 0.4) is 0 Å². The molecule has 0 aliphatic carbocycles. The molecule has 0 aliphatic rings. The molecule has 0 bridgehead atoms. The molecule has 0 saturated heterocycles. The van der Waals surface area contributed by atoms with Gasteiger partial charge in [0.05, 0.1) is 16.5 Å². The van der Waals surface area contributed by atoms with Gasteiger partial charge >= 0.3 is 0 Å². The standard InChI is InChI=1S/C13H9N.C13H12O2S.C12H7F3.C12H8F2.4C2H6/c14-10-11-6-8-13(9-7-11)12-4-2-1-3-5-12;1-16(14,15)13-9-7-12(8-10-13)11-5-3-2-4-6-11;13-10-6-9(7-11(14)12(10)15)8-4-2-1-3-5-8;13-11-7-6-10(8-12(11)14)9-4-2-1-3-5-9;4*1-2/h1-9H;2-10H,1H3;1-7H;1-8H;4*1-2H3. The fraction of sp³-hybridized carbons (Fsp3) is 0.155. The summed E-state index contributed by atoms with van der Waals surface area (Å²) in [6.07, 6.45) is 1.21. The molecule has 0 heterocycles. The van der Waals surface area contributed by atoms with E-state index in [1.54, 1.807) is 48.5 Å². The van der Waals surface area contributed by atoms with Crippen molar-refractivity contribution in [3.05, 3.63) is 235 Å². The molecule has 0 fully saturated rings. The van der Waals surface area contributed by atoms with Gasteiger partial charge in [-0.3, -0.25) is 0 Å². The predicted molar refractivity (Wildman–Crippen MR) is 271 cm³/mol. The molecular weight excluding hydrogens is 870 g/mol. The van der Waals surface area contributed by atoms with Crippen LogP contribution in [0.5, 0.6) is 0 Å². The van der Waals surface area contributed by atoms with Crippen molar-refractivity contribution >= 4 is 9.84 Å². The molecule has 0 unspecified atom stereocenters. The van der Waals surface area contributed by atoms with E-state index in [0.717, 1.165) is 40.5 Å². The molecular formula is C58H60F5NO2S. The van der Waals surface area contributed by atoms with Crippen LogP contribution in [0.15, 0.2) is 205 Å². The summed E-state index contributed by atoms with van der Waals surface area (Å²) in [6, 6.07) is 60.5. The lowest BCUT2D eigenvalue weighted by molar-refractivity contribution is 0.448. The number of nitrogens with zero attached hydrogens (tertiary/aromatic N) is 1. The van der Waals surface area contributed by atoms with E-state index in [1.807, 2.05) is 171 Å². The van der Waals surface area contributed by atoms with Crippen molar-refractivity contribution in [3.8, 4) is 50.6 Å². The highest BCUT2D eigenvalue weighted by molar-refractivity contribution is 7.90. The first-order chi connectivity index (χ1) is 32.4. The molecule has 0 N–H and O–H groups in total. The van der Waals surface area contributed by atoms with Crippen LogP contribution >= 0.6 is 0 Å². The molecule has 0 saturated carbocycles. The maximum atomic E-state index is 12.9. The Morgan fingerprint density at radius 1 is 0.343 bits per heavy atom. The molecule has 8 rings (SSSR count). The average molecular weight is 930 g/mol. The normalized spacial score (nSPS) is 9.45. The van der Waals surface area contributed by atoms with Gasteiger partial charge in [-0.15, -0.1) is 0 Å². The monoisotopic (exact) mass is 929 g/mol. The van der Waals surface area contributed by atoms with Crippen LogP contribution in [-0.2, 0) is 9.84 Å². The molecule has 0 amide bonds. The van der Waals surface area contributed by atoms with Crippen LogP contribution < -0.4 is 0 Å². The summed E-state index contributed by atoms with van der Waals surface area (Å²) in [5.74, 6) is -5.41. The van der Waals surface area contributed by atoms with E-state index >= 15 is 0 Å². The second-order valence-corrected chi connectivity index (χ2v) is 14.8. The predicted octanol–water partition coefficient (Wildman–Crippen LogP) is 17.5. The molecule has 8 aromatic rings. The summed E-state index contributed by atoms with van der Waals surface area (Å²) >= 11 is 0. The SMILES string of the molecule is CC.CC.CC.CC.CS(=O)(=O)c1ccc(-c2ccccc2)cc1.Fc1cc(-c2ccccc2)cc(F)c1F.Fc1ccc(-c2ccccc2)cc1F.N#Cc1ccc(-c2ccccc2)cc1. The molecule has 0 atom stereocenters. The van der Waals surface area contributed by atoms with Crippen molar-refractivity contribution < 1.29 is 30.4 Å². The molecule has 67 heavy (non-hydrogen) atoms. The number of hydrogen-bond acceptors (Lipinski definition) is 3. The van der Waals surface area contributed by atoms with Crippen molar-refractivity contribution in [1.29, 1.82) is 5.26 Å². The van der Waals surface area contributed by atoms with E-state index in [4.69, 9.17) is 5.26 Å². The highest BCUT2D eigenvalue weighted by Gasteiger charge is 2.11. The van der Waals surface area contributed by atoms with Gasteiger partial charge < -0.3 is 0 Å². The third-order valence-corrected chi connectivity index (χ3v) is 9.76. The molecule has 0 aliphatic heterocycles. The zero-order valence-corrected chi connectivity index (χ0v) is 40.4. The third-order valence-electron chi connectivity index (χ3n) is 8.63. The van der Waals surface area contributed by atoms with Crippen LogP contribution in [0.1, 0.15) is 61.0 Å². The smallest absolute Gasteiger partial charge is 0.194 e. The highest BCUT2D eigenvalue weighted by Crippen LogP contribution is 2.24. The summed E-state index contributed by atoms with van der Waals surface area (Å²) < 4.78 is 86.6. The number of nitriles is 1. The Labute approximate surface area is 395 Å². The van der Waals surface area contributed by atoms with E-state index in [9.17, 15) is 30.4 Å². The van der Waals surface area contributed by atoms with Crippen molar-refractivity contribution in [2.45, 2.75) is 60.3 Å². The lowest BCUT2D eigenvalue weighted by Crippen LogP contribution is -1.96. The summed E-state index contributed by atoms with van der Waals surface area (Å²) in [5, 5.41) is 8.65. The Balaban J connectivity index is 0.000000425. The van der Waals surface area contributed by atoms with Gasteiger partial charge in [-0.05, 0) is 93.0 Å². The first-order valence-corrected chi connectivity index (χ1v) is 23.9. The Kier molecular flexibility index (Phi) is 28.1. The highest BCUT2D eigenvalue weighted by atomic mass is 32.2.